The molecule has 1 aromatic carbocycles. The van der Waals surface area contributed by atoms with Crippen molar-refractivity contribution in [2.24, 2.45) is 11.8 Å². The van der Waals surface area contributed by atoms with Gasteiger partial charge in [-0.1, -0.05) is 13.0 Å². The van der Waals surface area contributed by atoms with Crippen molar-refractivity contribution >= 4 is 33.8 Å². The van der Waals surface area contributed by atoms with Gasteiger partial charge in [0.2, 0.25) is 5.91 Å². The summed E-state index contributed by atoms with van der Waals surface area (Å²) in [6.45, 7) is 2.06. The molecule has 5 nitrogen and oxygen atoms in total. The first-order valence-electron chi connectivity index (χ1n) is 9.33. The number of fused-ring (bicyclic) bond motifs is 1. The third-order valence-corrected chi connectivity index (χ3v) is 6.56. The van der Waals surface area contributed by atoms with E-state index in [0.29, 0.717) is 27.7 Å². The van der Waals surface area contributed by atoms with E-state index >= 15 is 0 Å². The third-order valence-electron chi connectivity index (χ3n) is 5.35. The molecule has 0 radical (unpaired) electrons. The zero-order valence-electron chi connectivity index (χ0n) is 15.2. The fourth-order valence-corrected chi connectivity index (χ4v) is 4.84. The maximum absolute atomic E-state index is 12.7. The number of nitrogens with zero attached hydrogens (tertiary/aromatic N) is 1. The van der Waals surface area contributed by atoms with Crippen molar-refractivity contribution in [3.63, 3.8) is 0 Å². The Bertz CT molecular complexity index is 957. The minimum absolute atomic E-state index is 0.0118. The molecule has 0 spiro atoms. The summed E-state index contributed by atoms with van der Waals surface area (Å²) in [5.41, 5.74) is 2.79. The van der Waals surface area contributed by atoms with Crippen LogP contribution in [0.1, 0.15) is 52.5 Å². The van der Waals surface area contributed by atoms with E-state index in [2.05, 4.69) is 23.6 Å². The highest BCUT2D eigenvalue weighted by molar-refractivity contribution is 7.16. The summed E-state index contributed by atoms with van der Waals surface area (Å²) in [7, 11) is 0. The predicted octanol–water partition coefficient (Wildman–Crippen LogP) is 4.35. The molecule has 2 N–H and O–H groups in total. The largest absolute Gasteiger partial charge is 0.326 e. The molecule has 2 aliphatic carbocycles. The Morgan fingerprint density at radius 2 is 2.00 bits per heavy atom. The van der Waals surface area contributed by atoms with Crippen molar-refractivity contribution in [2.75, 3.05) is 10.6 Å². The molecular formula is C21H21N3O2S. The zero-order chi connectivity index (χ0) is 19.0. The fourth-order valence-electron chi connectivity index (χ4n) is 3.61. The van der Waals surface area contributed by atoms with E-state index in [1.54, 1.807) is 24.3 Å². The highest BCUT2D eigenvalue weighted by Crippen LogP contribution is 2.39. The number of nitriles is 1. The molecule has 0 bridgehead atoms. The fraction of sp³-hybridized carbons (Fsp3) is 0.381. The van der Waals surface area contributed by atoms with Gasteiger partial charge in [-0.15, -0.1) is 11.3 Å². The average molecular weight is 379 g/mol. The van der Waals surface area contributed by atoms with Crippen LogP contribution in [-0.4, -0.2) is 11.8 Å². The Balaban J connectivity index is 1.50. The number of thiophene rings is 1. The maximum atomic E-state index is 12.7. The molecule has 2 amide bonds. The number of rotatable bonds is 4. The van der Waals surface area contributed by atoms with Crippen molar-refractivity contribution in [2.45, 2.75) is 39.0 Å². The lowest BCUT2D eigenvalue weighted by Crippen LogP contribution is -2.16. The summed E-state index contributed by atoms with van der Waals surface area (Å²) in [6.07, 6.45) is 5.03. The van der Waals surface area contributed by atoms with Gasteiger partial charge in [0.05, 0.1) is 5.56 Å². The van der Waals surface area contributed by atoms with Crippen molar-refractivity contribution in [1.82, 2.24) is 0 Å². The summed E-state index contributed by atoms with van der Waals surface area (Å²) >= 11 is 1.51. The van der Waals surface area contributed by atoms with Crippen molar-refractivity contribution in [3.8, 4) is 6.07 Å². The summed E-state index contributed by atoms with van der Waals surface area (Å²) in [5.74, 6) is 0.266. The van der Waals surface area contributed by atoms with Gasteiger partial charge in [0.15, 0.2) is 0 Å². The molecule has 27 heavy (non-hydrogen) atoms. The van der Waals surface area contributed by atoms with E-state index in [0.717, 1.165) is 37.7 Å². The van der Waals surface area contributed by atoms with Gasteiger partial charge in [-0.3, -0.25) is 9.59 Å². The Hall–Kier alpha value is -2.65. The summed E-state index contributed by atoms with van der Waals surface area (Å²) < 4.78 is 0. The second-order valence-electron chi connectivity index (χ2n) is 7.37. The van der Waals surface area contributed by atoms with E-state index in [9.17, 15) is 14.9 Å². The maximum Gasteiger partial charge on any atom is 0.256 e. The van der Waals surface area contributed by atoms with Crippen LogP contribution in [0.3, 0.4) is 0 Å². The van der Waals surface area contributed by atoms with E-state index < -0.39 is 0 Å². The predicted molar refractivity (Wildman–Crippen MR) is 106 cm³/mol. The SMILES string of the molecule is C[C@H]1C[C@H]1C(=O)Nc1cccc(C(=O)Nc2sc3c(c2C#N)CCCC3)c1. The van der Waals surface area contributed by atoms with Crippen molar-refractivity contribution < 1.29 is 9.59 Å². The number of aryl methyl sites for hydroxylation is 1. The lowest BCUT2D eigenvalue weighted by molar-refractivity contribution is -0.117. The second kappa shape index (κ2) is 7.16. The number of benzene rings is 1. The number of nitrogens with one attached hydrogen (secondary N) is 2. The monoisotopic (exact) mass is 379 g/mol. The van der Waals surface area contributed by atoms with E-state index in [1.807, 2.05) is 0 Å². The van der Waals surface area contributed by atoms with Gasteiger partial charge in [0, 0.05) is 22.0 Å². The number of hydrogen-bond acceptors (Lipinski definition) is 4. The number of anilines is 2. The quantitative estimate of drug-likeness (QED) is 0.829. The Kier molecular flexibility index (Phi) is 4.71. The standard InChI is InChI=1S/C21H21N3O2S/c1-12-9-16(12)20(26)23-14-6-4-5-13(10-14)19(25)24-21-17(11-22)15-7-2-3-8-18(15)27-21/h4-6,10,12,16H,2-3,7-9H2,1H3,(H,23,26)(H,24,25)/t12-,16+/m0/s1. The molecular weight excluding hydrogens is 358 g/mol. The van der Waals surface area contributed by atoms with Gasteiger partial charge in [0.25, 0.3) is 5.91 Å². The zero-order valence-corrected chi connectivity index (χ0v) is 16.0. The molecule has 2 aromatic rings. The number of amides is 2. The molecule has 2 atom stereocenters. The van der Waals surface area contributed by atoms with Crippen LogP contribution < -0.4 is 10.6 Å². The summed E-state index contributed by atoms with van der Waals surface area (Å²) in [4.78, 5) is 26.0. The van der Waals surface area contributed by atoms with Crippen LogP contribution in [0, 0.1) is 23.2 Å². The lowest BCUT2D eigenvalue weighted by Gasteiger charge is -2.09. The highest BCUT2D eigenvalue weighted by Gasteiger charge is 2.39. The van der Waals surface area contributed by atoms with Gasteiger partial charge < -0.3 is 10.6 Å². The number of hydrogen-bond donors (Lipinski definition) is 2. The molecule has 1 aromatic heterocycles. The number of carbonyl (C=O) groups is 2. The molecule has 2 aliphatic rings. The van der Waals surface area contributed by atoms with Crippen molar-refractivity contribution in [1.29, 1.82) is 5.26 Å². The van der Waals surface area contributed by atoms with Gasteiger partial charge in [-0.2, -0.15) is 5.26 Å². The Morgan fingerprint density at radius 3 is 2.74 bits per heavy atom. The number of carbonyl (C=O) groups excluding carboxylic acids is 2. The summed E-state index contributed by atoms with van der Waals surface area (Å²) in [6, 6.07) is 9.19. The van der Waals surface area contributed by atoms with Crippen LogP contribution in [0.15, 0.2) is 24.3 Å². The van der Waals surface area contributed by atoms with Crippen LogP contribution in [0.5, 0.6) is 0 Å². The van der Waals surface area contributed by atoms with Crippen LogP contribution in [-0.2, 0) is 17.6 Å². The van der Waals surface area contributed by atoms with Gasteiger partial charge in [0.1, 0.15) is 11.1 Å². The third kappa shape index (κ3) is 3.60. The van der Waals surface area contributed by atoms with E-state index in [4.69, 9.17) is 0 Å². The van der Waals surface area contributed by atoms with Gasteiger partial charge >= 0.3 is 0 Å². The molecule has 4 rings (SSSR count). The second-order valence-corrected chi connectivity index (χ2v) is 8.48. The van der Waals surface area contributed by atoms with Crippen LogP contribution >= 0.6 is 11.3 Å². The lowest BCUT2D eigenvalue weighted by atomic mass is 9.96. The molecule has 0 saturated heterocycles. The summed E-state index contributed by atoms with van der Waals surface area (Å²) in [5, 5.41) is 16.0. The topological polar surface area (TPSA) is 82.0 Å². The van der Waals surface area contributed by atoms with Crippen LogP contribution in [0.4, 0.5) is 10.7 Å². The Morgan fingerprint density at radius 1 is 1.22 bits per heavy atom. The van der Waals surface area contributed by atoms with Crippen LogP contribution in [0.25, 0.3) is 0 Å². The first-order chi connectivity index (χ1) is 13.1. The smallest absolute Gasteiger partial charge is 0.256 e. The molecule has 138 valence electrons. The minimum Gasteiger partial charge on any atom is -0.326 e. The first-order valence-corrected chi connectivity index (χ1v) is 10.2. The average Bonchev–Trinajstić information content (AvgIpc) is 3.30. The molecule has 1 saturated carbocycles. The molecule has 1 fully saturated rings. The van der Waals surface area contributed by atoms with E-state index in [1.165, 1.54) is 16.2 Å². The molecule has 0 unspecified atom stereocenters. The Labute approximate surface area is 162 Å². The normalized spacial score (nSPS) is 20.3. The van der Waals surface area contributed by atoms with Crippen LogP contribution in [0.2, 0.25) is 0 Å². The first kappa shape index (κ1) is 17.7. The molecule has 6 heteroatoms. The van der Waals surface area contributed by atoms with E-state index in [-0.39, 0.29) is 17.7 Å². The molecule has 0 aliphatic heterocycles. The highest BCUT2D eigenvalue weighted by atomic mass is 32.1. The van der Waals surface area contributed by atoms with Gasteiger partial charge in [-0.25, -0.2) is 0 Å². The van der Waals surface area contributed by atoms with Crippen molar-refractivity contribution in [3.05, 3.63) is 45.8 Å². The minimum atomic E-state index is -0.263. The molecule has 1 heterocycles. The van der Waals surface area contributed by atoms with Gasteiger partial charge in [-0.05, 0) is 61.8 Å².